The van der Waals surface area contributed by atoms with Gasteiger partial charge < -0.3 is 10.6 Å². The van der Waals surface area contributed by atoms with Crippen molar-refractivity contribution in [1.82, 2.24) is 20.0 Å². The summed E-state index contributed by atoms with van der Waals surface area (Å²) in [6.07, 6.45) is 3.46. The number of carbonyl (C=O) groups is 3. The lowest BCUT2D eigenvalue weighted by Crippen LogP contribution is -2.54. The van der Waals surface area contributed by atoms with Crippen LogP contribution in [0.4, 0.5) is 10.5 Å². The largest absolute Gasteiger partial charge is 0.325 e. The smallest absolute Gasteiger partial charge is 0.323 e. The molecule has 1 aliphatic heterocycles. The summed E-state index contributed by atoms with van der Waals surface area (Å²) < 4.78 is 1.77. The zero-order chi connectivity index (χ0) is 22.3. The predicted molar refractivity (Wildman–Crippen MR) is 117 cm³/mol. The molecule has 0 unspecified atom stereocenters. The number of nitrogens with zero attached hydrogens (tertiary/aromatic N) is 3. The first kappa shape index (κ1) is 21.1. The van der Waals surface area contributed by atoms with Crippen LogP contribution in [0, 0.1) is 26.7 Å². The summed E-state index contributed by atoms with van der Waals surface area (Å²) in [5, 5.41) is 10.3. The quantitative estimate of drug-likeness (QED) is 0.738. The normalized spacial score (nSPS) is 23.4. The Kier molecular flexibility index (Phi) is 5.33. The molecule has 164 valence electrons. The molecule has 1 aliphatic carbocycles. The lowest BCUT2D eigenvalue weighted by molar-refractivity contribution is -0.136. The number of carbonyl (C=O) groups excluding carboxylic acids is 3. The van der Waals surface area contributed by atoms with Crippen molar-refractivity contribution in [3.8, 4) is 5.69 Å². The third kappa shape index (κ3) is 3.60. The number of urea groups is 1. The number of hydrogen-bond acceptors (Lipinski definition) is 4. The topological polar surface area (TPSA) is 96.3 Å². The van der Waals surface area contributed by atoms with Gasteiger partial charge in [0.25, 0.3) is 5.91 Å². The van der Waals surface area contributed by atoms with E-state index in [2.05, 4.69) is 15.7 Å². The van der Waals surface area contributed by atoms with E-state index in [0.717, 1.165) is 41.1 Å². The van der Waals surface area contributed by atoms with Crippen LogP contribution in [0.3, 0.4) is 0 Å². The van der Waals surface area contributed by atoms with Crippen molar-refractivity contribution in [2.24, 2.45) is 5.92 Å². The maximum absolute atomic E-state index is 13.1. The highest BCUT2D eigenvalue weighted by Gasteiger charge is 2.55. The lowest BCUT2D eigenvalue weighted by atomic mass is 9.73. The number of nitrogens with one attached hydrogen (secondary N) is 2. The van der Waals surface area contributed by atoms with E-state index >= 15 is 0 Å². The molecule has 4 rings (SSSR count). The van der Waals surface area contributed by atoms with Crippen molar-refractivity contribution in [3.05, 3.63) is 41.2 Å². The highest BCUT2D eigenvalue weighted by Crippen LogP contribution is 2.38. The molecule has 8 nitrogen and oxygen atoms in total. The number of rotatable bonds is 4. The zero-order valence-electron chi connectivity index (χ0n) is 18.5. The van der Waals surface area contributed by atoms with Crippen molar-refractivity contribution < 1.29 is 14.4 Å². The van der Waals surface area contributed by atoms with E-state index in [9.17, 15) is 14.4 Å². The Morgan fingerprint density at radius 1 is 1.19 bits per heavy atom. The van der Waals surface area contributed by atoms with Gasteiger partial charge in [-0.05, 0) is 51.7 Å². The van der Waals surface area contributed by atoms with Gasteiger partial charge in [0.15, 0.2) is 0 Å². The molecule has 31 heavy (non-hydrogen) atoms. The molecule has 4 amide bonds. The monoisotopic (exact) mass is 423 g/mol. The van der Waals surface area contributed by atoms with E-state index in [1.54, 1.807) is 4.68 Å². The number of hydrogen-bond donors (Lipinski definition) is 2. The first-order valence-corrected chi connectivity index (χ1v) is 10.8. The van der Waals surface area contributed by atoms with Gasteiger partial charge in [0.2, 0.25) is 5.91 Å². The molecule has 2 fully saturated rings. The molecular formula is C23H29N5O3. The molecule has 1 aromatic heterocycles. The van der Waals surface area contributed by atoms with Gasteiger partial charge in [-0.1, -0.05) is 37.5 Å². The van der Waals surface area contributed by atoms with Crippen LogP contribution in [0.1, 0.15) is 49.6 Å². The minimum atomic E-state index is -0.863. The summed E-state index contributed by atoms with van der Waals surface area (Å²) >= 11 is 0. The van der Waals surface area contributed by atoms with Crippen LogP contribution in [0.5, 0.6) is 0 Å². The van der Waals surface area contributed by atoms with E-state index in [1.165, 1.54) is 0 Å². The molecule has 1 saturated carbocycles. The molecule has 1 aromatic carbocycles. The average molecular weight is 424 g/mol. The molecular weight excluding hydrogens is 394 g/mol. The highest BCUT2D eigenvalue weighted by molar-refractivity contribution is 6.10. The summed E-state index contributed by atoms with van der Waals surface area (Å²) in [4.78, 5) is 39.5. The Morgan fingerprint density at radius 2 is 1.90 bits per heavy atom. The Labute approximate surface area is 182 Å². The van der Waals surface area contributed by atoms with Crippen LogP contribution >= 0.6 is 0 Å². The molecule has 1 spiro atoms. The molecule has 2 N–H and O–H groups in total. The standard InChI is InChI=1S/C23H29N5O3/c1-14-8-10-18(11-9-14)28-17(4)20(16(3)26-28)24-19(29)13-27-21(30)23(25-22(27)31)12-6-5-7-15(23)2/h8-11,15H,5-7,12-13H2,1-4H3,(H,24,29)(H,25,31)/t15-,23+/m1/s1. The van der Waals surface area contributed by atoms with Gasteiger partial charge in [0.1, 0.15) is 12.1 Å². The van der Waals surface area contributed by atoms with Gasteiger partial charge in [-0.3, -0.25) is 14.5 Å². The number of benzene rings is 1. The maximum Gasteiger partial charge on any atom is 0.325 e. The summed E-state index contributed by atoms with van der Waals surface area (Å²) in [5.41, 5.74) is 3.23. The van der Waals surface area contributed by atoms with Crippen LogP contribution in [0.15, 0.2) is 24.3 Å². The third-order valence-electron chi connectivity index (χ3n) is 6.64. The van der Waals surface area contributed by atoms with Crippen molar-refractivity contribution in [2.75, 3.05) is 11.9 Å². The number of anilines is 1. The molecule has 8 heteroatoms. The molecule has 2 atom stereocenters. The fourth-order valence-electron chi connectivity index (χ4n) is 4.72. The van der Waals surface area contributed by atoms with Crippen molar-refractivity contribution in [2.45, 2.75) is 58.9 Å². The van der Waals surface area contributed by atoms with E-state index in [-0.39, 0.29) is 18.4 Å². The number of aryl methyl sites for hydroxylation is 2. The van der Waals surface area contributed by atoms with Gasteiger partial charge in [-0.15, -0.1) is 0 Å². The highest BCUT2D eigenvalue weighted by atomic mass is 16.2. The second-order valence-corrected chi connectivity index (χ2v) is 8.78. The SMILES string of the molecule is Cc1ccc(-n2nc(C)c(NC(=O)CN3C(=O)N[C@]4(CCCC[C@H]4C)C3=O)c2C)cc1. The van der Waals surface area contributed by atoms with E-state index in [4.69, 9.17) is 0 Å². The van der Waals surface area contributed by atoms with Crippen LogP contribution in [0.2, 0.25) is 0 Å². The second kappa shape index (κ2) is 7.83. The summed E-state index contributed by atoms with van der Waals surface area (Å²) in [7, 11) is 0. The van der Waals surface area contributed by atoms with Crippen molar-refractivity contribution in [3.63, 3.8) is 0 Å². The first-order chi connectivity index (χ1) is 14.7. The summed E-state index contributed by atoms with van der Waals surface area (Å²) in [5.74, 6) is -0.648. The van der Waals surface area contributed by atoms with Crippen LogP contribution in [-0.2, 0) is 9.59 Å². The maximum atomic E-state index is 13.1. The number of amides is 4. The lowest BCUT2D eigenvalue weighted by Gasteiger charge is -2.36. The molecule has 0 radical (unpaired) electrons. The fourth-order valence-corrected chi connectivity index (χ4v) is 4.72. The molecule has 2 aliphatic rings. The van der Waals surface area contributed by atoms with Gasteiger partial charge in [-0.25, -0.2) is 9.48 Å². The van der Waals surface area contributed by atoms with Gasteiger partial charge >= 0.3 is 6.03 Å². The number of imide groups is 1. The average Bonchev–Trinajstić information content (AvgIpc) is 3.14. The van der Waals surface area contributed by atoms with E-state index < -0.39 is 17.5 Å². The molecule has 1 saturated heterocycles. The van der Waals surface area contributed by atoms with Gasteiger partial charge in [-0.2, -0.15) is 5.10 Å². The minimum absolute atomic E-state index is 0.0583. The minimum Gasteiger partial charge on any atom is -0.323 e. The Bertz CT molecular complexity index is 1040. The van der Waals surface area contributed by atoms with E-state index in [0.29, 0.717) is 17.8 Å². The van der Waals surface area contributed by atoms with Gasteiger partial charge in [0, 0.05) is 0 Å². The number of aromatic nitrogens is 2. The molecule has 0 bridgehead atoms. The van der Waals surface area contributed by atoms with Crippen LogP contribution < -0.4 is 10.6 Å². The first-order valence-electron chi connectivity index (χ1n) is 10.8. The summed E-state index contributed by atoms with van der Waals surface area (Å²) in [6, 6.07) is 7.46. The molecule has 2 heterocycles. The third-order valence-corrected chi connectivity index (χ3v) is 6.64. The van der Waals surface area contributed by atoms with E-state index in [1.807, 2.05) is 52.0 Å². The fraction of sp³-hybridized carbons (Fsp3) is 0.478. The zero-order valence-corrected chi connectivity index (χ0v) is 18.5. The van der Waals surface area contributed by atoms with Crippen LogP contribution in [-0.4, -0.2) is 44.6 Å². The predicted octanol–water partition coefficient (Wildman–Crippen LogP) is 3.24. The summed E-state index contributed by atoms with van der Waals surface area (Å²) in [6.45, 7) is 7.40. The Hall–Kier alpha value is -3.16. The van der Waals surface area contributed by atoms with Crippen molar-refractivity contribution in [1.29, 1.82) is 0 Å². The Balaban J connectivity index is 1.50. The molecule has 2 aromatic rings. The second-order valence-electron chi connectivity index (χ2n) is 8.78. The van der Waals surface area contributed by atoms with Crippen LogP contribution in [0.25, 0.3) is 5.69 Å². The van der Waals surface area contributed by atoms with Crippen molar-refractivity contribution >= 4 is 23.5 Å². The Morgan fingerprint density at radius 3 is 2.58 bits per heavy atom. The van der Waals surface area contributed by atoms with Gasteiger partial charge in [0.05, 0.1) is 22.8 Å².